The first kappa shape index (κ1) is 21.1. The highest BCUT2D eigenvalue weighted by molar-refractivity contribution is 7.91. The van der Waals surface area contributed by atoms with Gasteiger partial charge < -0.3 is 9.64 Å². The average Bonchev–Trinajstić information content (AvgIpc) is 3.34. The summed E-state index contributed by atoms with van der Waals surface area (Å²) in [5, 5.41) is 0.576. The predicted octanol–water partition coefficient (Wildman–Crippen LogP) is 3.40. The number of halogens is 1. The molecule has 1 aromatic heterocycles. The lowest BCUT2D eigenvalue weighted by Gasteiger charge is -2.19. The molecule has 0 radical (unpaired) electrons. The van der Waals surface area contributed by atoms with Gasteiger partial charge in [-0.25, -0.2) is 8.42 Å². The van der Waals surface area contributed by atoms with Crippen LogP contribution in [0.15, 0.2) is 34.5 Å². The summed E-state index contributed by atoms with van der Waals surface area (Å²) in [4.78, 5) is 14.9. The number of hydrogen-bond acceptors (Lipinski definition) is 5. The van der Waals surface area contributed by atoms with E-state index in [-0.39, 0.29) is 12.3 Å². The molecule has 1 aliphatic rings. The zero-order valence-corrected chi connectivity index (χ0v) is 18.2. The van der Waals surface area contributed by atoms with Crippen LogP contribution in [-0.2, 0) is 27.8 Å². The summed E-state index contributed by atoms with van der Waals surface area (Å²) >= 11 is 7.21. The summed E-state index contributed by atoms with van der Waals surface area (Å²) in [6.07, 6.45) is 1.95. The lowest BCUT2D eigenvalue weighted by Crippen LogP contribution is -2.27. The van der Waals surface area contributed by atoms with Crippen molar-refractivity contribution in [2.24, 2.45) is 0 Å². The maximum atomic E-state index is 12.6. The van der Waals surface area contributed by atoms with Gasteiger partial charge in [0, 0.05) is 42.1 Å². The van der Waals surface area contributed by atoms with E-state index in [9.17, 15) is 13.2 Å². The first-order chi connectivity index (χ1) is 13.3. The second-order valence-electron chi connectivity index (χ2n) is 6.71. The molecule has 1 amide bonds. The Morgan fingerprint density at radius 2 is 1.96 bits per heavy atom. The van der Waals surface area contributed by atoms with Crippen LogP contribution in [0.2, 0.25) is 5.02 Å². The van der Waals surface area contributed by atoms with E-state index < -0.39 is 10.0 Å². The van der Waals surface area contributed by atoms with Crippen LogP contribution in [0, 0.1) is 0 Å². The molecule has 1 fully saturated rings. The van der Waals surface area contributed by atoms with Crippen LogP contribution in [0.25, 0.3) is 0 Å². The van der Waals surface area contributed by atoms with Gasteiger partial charge >= 0.3 is 0 Å². The van der Waals surface area contributed by atoms with Crippen molar-refractivity contribution in [1.82, 2.24) is 9.21 Å². The highest BCUT2D eigenvalue weighted by atomic mass is 35.5. The number of methoxy groups -OCH3 is 1. The third-order valence-electron chi connectivity index (χ3n) is 4.70. The molecule has 9 heteroatoms. The minimum Gasteiger partial charge on any atom is -0.496 e. The van der Waals surface area contributed by atoms with Gasteiger partial charge in [0.15, 0.2) is 0 Å². The van der Waals surface area contributed by atoms with E-state index in [2.05, 4.69) is 0 Å². The molecule has 1 aromatic carbocycles. The molecule has 152 valence electrons. The zero-order valence-electron chi connectivity index (χ0n) is 15.9. The molecule has 1 aliphatic heterocycles. The average molecular weight is 443 g/mol. The minimum absolute atomic E-state index is 0.103. The Bertz CT molecular complexity index is 953. The Morgan fingerprint density at radius 3 is 2.64 bits per heavy atom. The fraction of sp³-hybridized carbons (Fsp3) is 0.421. The van der Waals surface area contributed by atoms with Gasteiger partial charge in [-0.3, -0.25) is 4.79 Å². The molecule has 2 heterocycles. The topological polar surface area (TPSA) is 66.9 Å². The number of nitrogens with zero attached hydrogens (tertiary/aromatic N) is 2. The van der Waals surface area contributed by atoms with E-state index in [1.165, 1.54) is 15.6 Å². The van der Waals surface area contributed by atoms with Gasteiger partial charge in [-0.2, -0.15) is 4.31 Å². The van der Waals surface area contributed by atoms with Crippen molar-refractivity contribution in [2.75, 3.05) is 27.2 Å². The van der Waals surface area contributed by atoms with Gasteiger partial charge in [-0.05, 0) is 43.2 Å². The van der Waals surface area contributed by atoms with Crippen molar-refractivity contribution in [1.29, 1.82) is 0 Å². The third-order valence-corrected chi connectivity index (χ3v) is 8.38. The maximum absolute atomic E-state index is 12.6. The number of hydrogen-bond donors (Lipinski definition) is 0. The molecule has 0 N–H and O–H groups in total. The number of benzene rings is 1. The minimum atomic E-state index is -3.44. The fourth-order valence-electron chi connectivity index (χ4n) is 3.15. The van der Waals surface area contributed by atoms with Crippen LogP contribution in [0.4, 0.5) is 0 Å². The molecular formula is C19H23ClN2O4S2. The lowest BCUT2D eigenvalue weighted by molar-refractivity contribution is -0.129. The number of carbonyl (C=O) groups excluding carboxylic acids is 1. The number of sulfonamides is 1. The smallest absolute Gasteiger partial charge is 0.252 e. The summed E-state index contributed by atoms with van der Waals surface area (Å²) in [6, 6.07) is 8.60. The maximum Gasteiger partial charge on any atom is 0.252 e. The number of rotatable bonds is 7. The Balaban J connectivity index is 1.67. The summed E-state index contributed by atoms with van der Waals surface area (Å²) in [7, 11) is -0.162. The normalized spacial score (nSPS) is 15.0. The second kappa shape index (κ2) is 8.82. The molecule has 0 bridgehead atoms. The SMILES string of the molecule is COc1ccc(Cl)cc1CN(C)C(=O)Cc1ccc(S(=O)(=O)N2CCCC2)s1. The van der Waals surface area contributed by atoms with Crippen molar-refractivity contribution in [2.45, 2.75) is 30.0 Å². The van der Waals surface area contributed by atoms with E-state index in [1.807, 2.05) is 0 Å². The standard InChI is InChI=1S/C19H23ClN2O4S2/c1-21(13-14-11-15(20)5-7-17(14)26-2)18(23)12-16-6-8-19(27-16)28(24,25)22-9-3-4-10-22/h5-8,11H,3-4,9-10,12-13H2,1-2H3. The van der Waals surface area contributed by atoms with Gasteiger partial charge in [0.25, 0.3) is 10.0 Å². The lowest BCUT2D eigenvalue weighted by atomic mass is 10.2. The quantitative estimate of drug-likeness (QED) is 0.659. The Morgan fingerprint density at radius 1 is 1.25 bits per heavy atom. The summed E-state index contributed by atoms with van der Waals surface area (Å²) in [6.45, 7) is 1.49. The Hall–Kier alpha value is -1.61. The third kappa shape index (κ3) is 4.68. The number of ether oxygens (including phenoxy) is 1. The molecule has 1 saturated heterocycles. The number of likely N-dealkylation sites (N-methyl/N-ethyl adjacent to an activating group) is 1. The van der Waals surface area contributed by atoms with Crippen molar-refractivity contribution in [3.05, 3.63) is 45.8 Å². The Kier molecular flexibility index (Phi) is 6.65. The predicted molar refractivity (Wildman–Crippen MR) is 110 cm³/mol. The molecule has 0 spiro atoms. The molecule has 6 nitrogen and oxygen atoms in total. The second-order valence-corrected chi connectivity index (χ2v) is 10.5. The number of thiophene rings is 1. The first-order valence-corrected chi connectivity index (χ1v) is 11.6. The monoisotopic (exact) mass is 442 g/mol. The van der Waals surface area contributed by atoms with Crippen LogP contribution < -0.4 is 4.74 Å². The molecular weight excluding hydrogens is 420 g/mol. The summed E-state index contributed by atoms with van der Waals surface area (Å²) < 4.78 is 32.4. The van der Waals surface area contributed by atoms with Crippen molar-refractivity contribution < 1.29 is 17.9 Å². The van der Waals surface area contributed by atoms with E-state index in [0.717, 1.165) is 23.3 Å². The Labute approximate surface area is 174 Å². The molecule has 0 unspecified atom stereocenters. The van der Waals surface area contributed by atoms with Gasteiger partial charge in [0.1, 0.15) is 9.96 Å². The summed E-state index contributed by atoms with van der Waals surface area (Å²) in [5.41, 5.74) is 0.814. The van der Waals surface area contributed by atoms with Crippen LogP contribution in [0.3, 0.4) is 0 Å². The van der Waals surface area contributed by atoms with E-state index in [0.29, 0.717) is 34.6 Å². The molecule has 2 aromatic rings. The molecule has 0 aliphatic carbocycles. The van der Waals surface area contributed by atoms with Crippen LogP contribution in [-0.4, -0.2) is 50.8 Å². The van der Waals surface area contributed by atoms with Gasteiger partial charge in [0.2, 0.25) is 5.91 Å². The van der Waals surface area contributed by atoms with E-state index in [4.69, 9.17) is 16.3 Å². The zero-order chi connectivity index (χ0) is 20.3. The van der Waals surface area contributed by atoms with Crippen molar-refractivity contribution in [3.63, 3.8) is 0 Å². The van der Waals surface area contributed by atoms with Crippen LogP contribution in [0.5, 0.6) is 5.75 Å². The highest BCUT2D eigenvalue weighted by Crippen LogP contribution is 2.28. The largest absolute Gasteiger partial charge is 0.496 e. The molecule has 28 heavy (non-hydrogen) atoms. The number of carbonyl (C=O) groups is 1. The van der Waals surface area contributed by atoms with Gasteiger partial charge in [-0.15, -0.1) is 11.3 Å². The van der Waals surface area contributed by atoms with Crippen LogP contribution >= 0.6 is 22.9 Å². The van der Waals surface area contributed by atoms with Crippen molar-refractivity contribution in [3.8, 4) is 5.75 Å². The molecule has 0 saturated carbocycles. The van der Waals surface area contributed by atoms with Gasteiger partial charge in [0.05, 0.1) is 13.5 Å². The van der Waals surface area contributed by atoms with Gasteiger partial charge in [-0.1, -0.05) is 11.6 Å². The van der Waals surface area contributed by atoms with E-state index in [1.54, 1.807) is 49.4 Å². The highest BCUT2D eigenvalue weighted by Gasteiger charge is 2.28. The van der Waals surface area contributed by atoms with Crippen LogP contribution in [0.1, 0.15) is 23.3 Å². The van der Waals surface area contributed by atoms with Crippen molar-refractivity contribution >= 4 is 38.9 Å². The fourth-order valence-corrected chi connectivity index (χ4v) is 6.36. The summed E-state index contributed by atoms with van der Waals surface area (Å²) in [5.74, 6) is 0.563. The number of amides is 1. The molecule has 3 rings (SSSR count). The van der Waals surface area contributed by atoms with E-state index >= 15 is 0 Å². The molecule has 0 atom stereocenters. The first-order valence-electron chi connectivity index (χ1n) is 8.96.